The quantitative estimate of drug-likeness (QED) is 0.314. The molecule has 2 rings (SSSR count). The Morgan fingerprint density at radius 1 is 1.26 bits per heavy atom. The van der Waals surface area contributed by atoms with Gasteiger partial charge < -0.3 is 15.4 Å². The largest absolute Gasteiger partial charge is 0.497 e. The molecule has 0 bridgehead atoms. The van der Waals surface area contributed by atoms with Crippen molar-refractivity contribution in [3.63, 3.8) is 0 Å². The van der Waals surface area contributed by atoms with Crippen molar-refractivity contribution in [2.45, 2.75) is 38.1 Å². The second-order valence-electron chi connectivity index (χ2n) is 5.75. The van der Waals surface area contributed by atoms with E-state index in [9.17, 15) is 0 Å². The summed E-state index contributed by atoms with van der Waals surface area (Å²) in [5.74, 6) is 2.31. The number of methoxy groups -OCH3 is 1. The van der Waals surface area contributed by atoms with E-state index in [4.69, 9.17) is 4.74 Å². The van der Waals surface area contributed by atoms with Crippen molar-refractivity contribution in [1.29, 1.82) is 0 Å². The molecule has 4 nitrogen and oxygen atoms in total. The number of nitrogens with zero attached hydrogens (tertiary/aromatic N) is 1. The third kappa shape index (κ3) is 6.41. The summed E-state index contributed by atoms with van der Waals surface area (Å²) in [5.41, 5.74) is 1.34. The molecule has 1 aromatic carbocycles. The van der Waals surface area contributed by atoms with E-state index in [-0.39, 0.29) is 24.0 Å². The maximum Gasteiger partial charge on any atom is 0.191 e. The number of guanidine groups is 1. The summed E-state index contributed by atoms with van der Waals surface area (Å²) in [5, 5.41) is 6.86. The standard InChI is InChI=1S/C18H27N3O.HI/c1-14(15-8-10-17(22-3)11-9-15)12-13-20-18(19-2)21-16-6-4-5-7-16;/h4-5,8-11,14,16H,6-7,12-13H2,1-3H3,(H2,19,20,21);1H. The molecule has 1 atom stereocenters. The Balaban J connectivity index is 0.00000264. The van der Waals surface area contributed by atoms with E-state index in [0.29, 0.717) is 12.0 Å². The number of hydrogen-bond donors (Lipinski definition) is 2. The average Bonchev–Trinajstić information content (AvgIpc) is 3.06. The SMILES string of the molecule is CN=C(NCCC(C)c1ccc(OC)cc1)NC1CC=CC1.I. The molecule has 0 radical (unpaired) electrons. The molecule has 0 aliphatic heterocycles. The monoisotopic (exact) mass is 429 g/mol. The van der Waals surface area contributed by atoms with Gasteiger partial charge in [-0.3, -0.25) is 4.99 Å². The van der Waals surface area contributed by atoms with Crippen molar-refractivity contribution >= 4 is 29.9 Å². The van der Waals surface area contributed by atoms with Gasteiger partial charge in [-0.15, -0.1) is 24.0 Å². The van der Waals surface area contributed by atoms with Gasteiger partial charge in [0.25, 0.3) is 0 Å². The van der Waals surface area contributed by atoms with E-state index < -0.39 is 0 Å². The summed E-state index contributed by atoms with van der Waals surface area (Å²) < 4.78 is 5.20. The molecule has 1 aromatic rings. The summed E-state index contributed by atoms with van der Waals surface area (Å²) >= 11 is 0. The van der Waals surface area contributed by atoms with Crippen molar-refractivity contribution < 1.29 is 4.74 Å². The number of rotatable bonds is 6. The Morgan fingerprint density at radius 3 is 2.48 bits per heavy atom. The smallest absolute Gasteiger partial charge is 0.191 e. The number of hydrogen-bond acceptors (Lipinski definition) is 2. The predicted octanol–water partition coefficient (Wildman–Crippen LogP) is 3.69. The summed E-state index contributed by atoms with van der Waals surface area (Å²) in [6, 6.07) is 8.81. The first-order valence-corrected chi connectivity index (χ1v) is 7.99. The first-order chi connectivity index (χ1) is 10.7. The summed E-state index contributed by atoms with van der Waals surface area (Å²) in [6.45, 7) is 3.16. The molecule has 0 spiro atoms. The first kappa shape index (κ1) is 19.8. The maximum atomic E-state index is 5.20. The lowest BCUT2D eigenvalue weighted by atomic mass is 9.98. The van der Waals surface area contributed by atoms with Gasteiger partial charge in [0.15, 0.2) is 5.96 Å². The van der Waals surface area contributed by atoms with Crippen LogP contribution >= 0.6 is 24.0 Å². The highest BCUT2D eigenvalue weighted by Gasteiger charge is 2.12. The molecule has 0 aromatic heterocycles. The van der Waals surface area contributed by atoms with Gasteiger partial charge in [-0.1, -0.05) is 31.2 Å². The minimum atomic E-state index is 0. The van der Waals surface area contributed by atoms with Crippen molar-refractivity contribution in [3.05, 3.63) is 42.0 Å². The first-order valence-electron chi connectivity index (χ1n) is 7.99. The summed E-state index contributed by atoms with van der Waals surface area (Å²) in [6.07, 6.45) is 7.68. The van der Waals surface area contributed by atoms with Crippen LogP contribution in [0.2, 0.25) is 0 Å². The Bertz CT molecular complexity index is 506. The topological polar surface area (TPSA) is 45.7 Å². The molecule has 128 valence electrons. The predicted molar refractivity (Wildman–Crippen MR) is 108 cm³/mol. The van der Waals surface area contributed by atoms with Crippen molar-refractivity contribution in [2.75, 3.05) is 20.7 Å². The molecule has 5 heteroatoms. The maximum absolute atomic E-state index is 5.20. The van der Waals surface area contributed by atoms with Crippen LogP contribution in [0.5, 0.6) is 5.75 Å². The number of nitrogens with one attached hydrogen (secondary N) is 2. The van der Waals surface area contributed by atoms with Crippen LogP contribution in [0, 0.1) is 0 Å². The van der Waals surface area contributed by atoms with Gasteiger partial charge >= 0.3 is 0 Å². The summed E-state index contributed by atoms with van der Waals surface area (Å²) in [7, 11) is 3.52. The molecule has 1 aliphatic rings. The minimum absolute atomic E-state index is 0. The lowest BCUT2D eigenvalue weighted by molar-refractivity contribution is 0.414. The Morgan fingerprint density at radius 2 is 1.91 bits per heavy atom. The highest BCUT2D eigenvalue weighted by Crippen LogP contribution is 2.21. The lowest BCUT2D eigenvalue weighted by Crippen LogP contribution is -2.42. The zero-order valence-electron chi connectivity index (χ0n) is 14.2. The normalized spacial score (nSPS) is 15.9. The van der Waals surface area contributed by atoms with E-state index in [1.54, 1.807) is 7.11 Å². The molecule has 0 saturated carbocycles. The van der Waals surface area contributed by atoms with Crippen LogP contribution in [-0.2, 0) is 0 Å². The summed E-state index contributed by atoms with van der Waals surface area (Å²) in [4.78, 5) is 4.29. The van der Waals surface area contributed by atoms with E-state index in [1.165, 1.54) is 5.56 Å². The van der Waals surface area contributed by atoms with Crippen LogP contribution in [0.1, 0.15) is 37.7 Å². The zero-order chi connectivity index (χ0) is 15.8. The molecular weight excluding hydrogens is 401 g/mol. The second-order valence-corrected chi connectivity index (χ2v) is 5.75. The average molecular weight is 429 g/mol. The molecule has 1 aliphatic carbocycles. The highest BCUT2D eigenvalue weighted by molar-refractivity contribution is 14.0. The fraction of sp³-hybridized carbons (Fsp3) is 0.500. The third-order valence-electron chi connectivity index (χ3n) is 4.13. The third-order valence-corrected chi connectivity index (χ3v) is 4.13. The fourth-order valence-electron chi connectivity index (χ4n) is 2.63. The van der Waals surface area contributed by atoms with E-state index in [0.717, 1.165) is 37.5 Å². The van der Waals surface area contributed by atoms with Gasteiger partial charge in [0, 0.05) is 19.6 Å². The molecule has 0 saturated heterocycles. The van der Waals surface area contributed by atoms with Crippen LogP contribution in [0.25, 0.3) is 0 Å². The van der Waals surface area contributed by atoms with Crippen LogP contribution < -0.4 is 15.4 Å². The van der Waals surface area contributed by atoms with Crippen LogP contribution in [0.3, 0.4) is 0 Å². The Labute approximate surface area is 156 Å². The molecule has 2 N–H and O–H groups in total. The van der Waals surface area contributed by atoms with E-state index in [2.05, 4.69) is 46.8 Å². The minimum Gasteiger partial charge on any atom is -0.497 e. The Kier molecular flexibility index (Phi) is 9.06. The number of aliphatic imine (C=N–C) groups is 1. The van der Waals surface area contributed by atoms with Crippen molar-refractivity contribution in [1.82, 2.24) is 10.6 Å². The molecule has 0 fully saturated rings. The van der Waals surface area contributed by atoms with Gasteiger partial charge in [-0.05, 0) is 42.9 Å². The van der Waals surface area contributed by atoms with Gasteiger partial charge in [0.1, 0.15) is 5.75 Å². The van der Waals surface area contributed by atoms with Crippen LogP contribution in [0.4, 0.5) is 0 Å². The lowest BCUT2D eigenvalue weighted by Gasteiger charge is -2.18. The number of benzene rings is 1. The van der Waals surface area contributed by atoms with E-state index in [1.807, 2.05) is 19.2 Å². The second kappa shape index (κ2) is 10.5. The molecule has 23 heavy (non-hydrogen) atoms. The van der Waals surface area contributed by atoms with Gasteiger partial charge in [0.2, 0.25) is 0 Å². The van der Waals surface area contributed by atoms with Crippen LogP contribution in [-0.4, -0.2) is 32.7 Å². The van der Waals surface area contributed by atoms with Gasteiger partial charge in [0.05, 0.1) is 7.11 Å². The van der Waals surface area contributed by atoms with Crippen molar-refractivity contribution in [3.8, 4) is 5.75 Å². The van der Waals surface area contributed by atoms with E-state index >= 15 is 0 Å². The van der Waals surface area contributed by atoms with Gasteiger partial charge in [-0.25, -0.2) is 0 Å². The molecular formula is C18H28IN3O. The number of ether oxygens (including phenoxy) is 1. The Hall–Kier alpha value is -1.24. The van der Waals surface area contributed by atoms with Crippen LogP contribution in [0.15, 0.2) is 41.4 Å². The van der Waals surface area contributed by atoms with Gasteiger partial charge in [-0.2, -0.15) is 0 Å². The van der Waals surface area contributed by atoms with Crippen molar-refractivity contribution in [2.24, 2.45) is 4.99 Å². The zero-order valence-corrected chi connectivity index (χ0v) is 16.5. The highest BCUT2D eigenvalue weighted by atomic mass is 127. The molecule has 0 heterocycles. The molecule has 0 amide bonds. The molecule has 1 unspecified atom stereocenters. The fourth-order valence-corrected chi connectivity index (χ4v) is 2.63. The number of halogens is 1.